The van der Waals surface area contributed by atoms with Gasteiger partial charge < -0.3 is 9.73 Å². The van der Waals surface area contributed by atoms with E-state index in [4.69, 9.17) is 4.42 Å². The average molecular weight is 236 g/mol. The predicted molar refractivity (Wildman–Crippen MR) is 68.9 cm³/mol. The molecule has 0 saturated heterocycles. The summed E-state index contributed by atoms with van der Waals surface area (Å²) in [6.45, 7) is 5.84. The highest BCUT2D eigenvalue weighted by Gasteiger charge is 2.12. The third-order valence-corrected chi connectivity index (χ3v) is 3.76. The molecule has 96 valence electrons. The second-order valence-electron chi connectivity index (χ2n) is 5.24. The molecule has 0 atom stereocenters. The van der Waals surface area contributed by atoms with Gasteiger partial charge in [0, 0.05) is 0 Å². The molecule has 1 N–H and O–H groups in total. The first-order chi connectivity index (χ1) is 8.25. The van der Waals surface area contributed by atoms with Gasteiger partial charge in [0.15, 0.2) is 0 Å². The predicted octanol–water partition coefficient (Wildman–Crippen LogP) is 3.35. The molecule has 1 aromatic rings. The molecule has 1 aliphatic carbocycles. The van der Waals surface area contributed by atoms with Crippen molar-refractivity contribution in [1.29, 1.82) is 0 Å². The lowest BCUT2D eigenvalue weighted by Crippen LogP contribution is -2.22. The fraction of sp³-hybridized carbons (Fsp3) is 0.786. The largest absolute Gasteiger partial charge is 0.444 e. The van der Waals surface area contributed by atoms with E-state index >= 15 is 0 Å². The Balaban J connectivity index is 1.71. The number of hydrogen-bond acceptors (Lipinski definition) is 3. The third-order valence-electron chi connectivity index (χ3n) is 3.76. The summed E-state index contributed by atoms with van der Waals surface area (Å²) in [5.74, 6) is 2.62. The quantitative estimate of drug-likeness (QED) is 0.815. The molecule has 0 amide bonds. The Morgan fingerprint density at radius 1 is 1.18 bits per heavy atom. The number of nitrogens with zero attached hydrogens (tertiary/aromatic N) is 1. The lowest BCUT2D eigenvalue weighted by molar-refractivity contribution is 0.396. The number of aryl methyl sites for hydroxylation is 2. The van der Waals surface area contributed by atoms with Crippen LogP contribution in [0.1, 0.15) is 55.9 Å². The van der Waals surface area contributed by atoms with Gasteiger partial charge in [-0.2, -0.15) is 0 Å². The van der Waals surface area contributed by atoms with Crippen molar-refractivity contribution in [3.05, 3.63) is 17.3 Å². The summed E-state index contributed by atoms with van der Waals surface area (Å²) in [4.78, 5) is 4.38. The molecule has 0 unspecified atom stereocenters. The van der Waals surface area contributed by atoms with Gasteiger partial charge in [-0.1, -0.05) is 25.7 Å². The van der Waals surface area contributed by atoms with Crippen LogP contribution in [0.15, 0.2) is 4.42 Å². The van der Waals surface area contributed by atoms with E-state index in [-0.39, 0.29) is 0 Å². The second kappa shape index (κ2) is 6.20. The van der Waals surface area contributed by atoms with E-state index in [0.717, 1.165) is 36.4 Å². The molecular weight excluding hydrogens is 212 g/mol. The van der Waals surface area contributed by atoms with Gasteiger partial charge >= 0.3 is 0 Å². The molecule has 1 saturated carbocycles. The van der Waals surface area contributed by atoms with E-state index in [1.165, 1.54) is 38.5 Å². The van der Waals surface area contributed by atoms with Gasteiger partial charge in [-0.15, -0.1) is 0 Å². The van der Waals surface area contributed by atoms with Gasteiger partial charge in [-0.25, -0.2) is 4.98 Å². The molecule has 17 heavy (non-hydrogen) atoms. The lowest BCUT2D eigenvalue weighted by Gasteiger charge is -2.13. The number of rotatable bonds is 4. The van der Waals surface area contributed by atoms with Crippen LogP contribution in [0.4, 0.5) is 0 Å². The van der Waals surface area contributed by atoms with Crippen molar-refractivity contribution in [1.82, 2.24) is 10.3 Å². The van der Waals surface area contributed by atoms with Gasteiger partial charge in [0.25, 0.3) is 0 Å². The summed E-state index contributed by atoms with van der Waals surface area (Å²) >= 11 is 0. The number of oxazole rings is 1. The zero-order valence-corrected chi connectivity index (χ0v) is 11.1. The van der Waals surface area contributed by atoms with E-state index in [2.05, 4.69) is 10.3 Å². The molecule has 3 heteroatoms. The Kier molecular flexibility index (Phi) is 4.60. The first kappa shape index (κ1) is 12.6. The van der Waals surface area contributed by atoms with Crippen molar-refractivity contribution in [3.63, 3.8) is 0 Å². The molecule has 1 fully saturated rings. The lowest BCUT2D eigenvalue weighted by atomic mass is 10.0. The van der Waals surface area contributed by atoms with Crippen molar-refractivity contribution in [3.8, 4) is 0 Å². The van der Waals surface area contributed by atoms with Crippen LogP contribution >= 0.6 is 0 Å². The maximum atomic E-state index is 5.55. The van der Waals surface area contributed by atoms with E-state index < -0.39 is 0 Å². The van der Waals surface area contributed by atoms with Crippen LogP contribution in [0.25, 0.3) is 0 Å². The molecule has 0 aliphatic heterocycles. The molecule has 1 heterocycles. The minimum atomic E-state index is 0.769. The topological polar surface area (TPSA) is 38.1 Å². The first-order valence-electron chi connectivity index (χ1n) is 6.89. The Hall–Kier alpha value is -0.830. The van der Waals surface area contributed by atoms with Crippen LogP contribution < -0.4 is 5.32 Å². The summed E-state index contributed by atoms with van der Waals surface area (Å²) < 4.78 is 5.55. The maximum absolute atomic E-state index is 5.55. The molecule has 3 nitrogen and oxygen atoms in total. The molecule has 0 bridgehead atoms. The van der Waals surface area contributed by atoms with E-state index in [0.29, 0.717) is 0 Å². The van der Waals surface area contributed by atoms with Crippen molar-refractivity contribution in [2.45, 2.75) is 58.9 Å². The van der Waals surface area contributed by atoms with Crippen LogP contribution in [0.3, 0.4) is 0 Å². The van der Waals surface area contributed by atoms with Gasteiger partial charge in [0.2, 0.25) is 5.89 Å². The summed E-state index contributed by atoms with van der Waals surface area (Å²) in [5, 5.41) is 3.48. The van der Waals surface area contributed by atoms with Gasteiger partial charge in [0.05, 0.1) is 12.2 Å². The third kappa shape index (κ3) is 3.84. The van der Waals surface area contributed by atoms with Crippen LogP contribution in [0.5, 0.6) is 0 Å². The van der Waals surface area contributed by atoms with Crippen LogP contribution in [0, 0.1) is 19.8 Å². The van der Waals surface area contributed by atoms with Crippen molar-refractivity contribution in [2.24, 2.45) is 5.92 Å². The van der Waals surface area contributed by atoms with Crippen molar-refractivity contribution in [2.75, 3.05) is 6.54 Å². The van der Waals surface area contributed by atoms with Crippen molar-refractivity contribution >= 4 is 0 Å². The molecule has 0 spiro atoms. The summed E-state index contributed by atoms with van der Waals surface area (Å²) in [6.07, 6.45) is 8.43. The first-order valence-corrected chi connectivity index (χ1v) is 6.89. The summed E-state index contributed by atoms with van der Waals surface area (Å²) in [7, 11) is 0. The number of hydrogen-bond donors (Lipinski definition) is 1. The van der Waals surface area contributed by atoms with Crippen LogP contribution in [-0.2, 0) is 6.54 Å². The van der Waals surface area contributed by atoms with Gasteiger partial charge in [-0.05, 0) is 39.2 Å². The normalized spacial score (nSPS) is 18.2. The van der Waals surface area contributed by atoms with Gasteiger partial charge in [-0.3, -0.25) is 0 Å². The minimum Gasteiger partial charge on any atom is -0.444 e. The van der Waals surface area contributed by atoms with Crippen LogP contribution in [0.2, 0.25) is 0 Å². The highest BCUT2D eigenvalue weighted by Crippen LogP contribution is 2.22. The van der Waals surface area contributed by atoms with E-state index in [1.807, 2.05) is 13.8 Å². The fourth-order valence-electron chi connectivity index (χ4n) is 2.57. The molecule has 0 aromatic carbocycles. The Morgan fingerprint density at radius 2 is 1.88 bits per heavy atom. The Morgan fingerprint density at radius 3 is 2.47 bits per heavy atom. The summed E-state index contributed by atoms with van der Waals surface area (Å²) in [5.41, 5.74) is 1.01. The Bertz CT molecular complexity index is 318. The average Bonchev–Trinajstić information content (AvgIpc) is 2.55. The zero-order chi connectivity index (χ0) is 12.1. The van der Waals surface area contributed by atoms with E-state index in [1.54, 1.807) is 0 Å². The standard InChI is InChI=1S/C14H24N2O/c1-11-12(2)17-14(16-11)10-15-9-13-7-5-3-4-6-8-13/h13,15H,3-10H2,1-2H3. The molecule has 1 aromatic heterocycles. The number of aromatic nitrogens is 1. The molecule has 2 rings (SSSR count). The SMILES string of the molecule is Cc1nc(CNCC2CCCCCC2)oc1C. The smallest absolute Gasteiger partial charge is 0.208 e. The van der Waals surface area contributed by atoms with Gasteiger partial charge in [0.1, 0.15) is 5.76 Å². The maximum Gasteiger partial charge on any atom is 0.208 e. The highest BCUT2D eigenvalue weighted by atomic mass is 16.4. The molecular formula is C14H24N2O. The highest BCUT2D eigenvalue weighted by molar-refractivity contribution is 5.05. The summed E-state index contributed by atoms with van der Waals surface area (Å²) in [6, 6.07) is 0. The molecule has 0 radical (unpaired) electrons. The Labute approximate surface area is 104 Å². The number of nitrogens with one attached hydrogen (secondary N) is 1. The monoisotopic (exact) mass is 236 g/mol. The van der Waals surface area contributed by atoms with E-state index in [9.17, 15) is 0 Å². The van der Waals surface area contributed by atoms with Crippen molar-refractivity contribution < 1.29 is 4.42 Å². The second-order valence-corrected chi connectivity index (χ2v) is 5.24. The molecule has 1 aliphatic rings. The minimum absolute atomic E-state index is 0.769. The zero-order valence-electron chi connectivity index (χ0n) is 11.1. The fourth-order valence-corrected chi connectivity index (χ4v) is 2.57. The van der Waals surface area contributed by atoms with Crippen LogP contribution in [-0.4, -0.2) is 11.5 Å².